The van der Waals surface area contributed by atoms with Crippen molar-refractivity contribution in [1.29, 1.82) is 0 Å². The predicted molar refractivity (Wildman–Crippen MR) is 82.4 cm³/mol. The molecule has 3 heteroatoms. The zero-order valence-corrected chi connectivity index (χ0v) is 11.8. The van der Waals surface area contributed by atoms with Crippen molar-refractivity contribution in [3.05, 3.63) is 0 Å². The van der Waals surface area contributed by atoms with Crippen molar-refractivity contribution in [2.75, 3.05) is 33.5 Å². The summed E-state index contributed by atoms with van der Waals surface area (Å²) in [7, 11) is 1.70. The molecule has 0 aromatic carbocycles. The number of unbranched alkanes of at least 4 members (excludes halogenated alkanes) is 1. The van der Waals surface area contributed by atoms with Crippen LogP contribution in [0.25, 0.3) is 0 Å². The predicted octanol–water partition coefficient (Wildman–Crippen LogP) is 4.54. The minimum atomic E-state index is 0. The van der Waals surface area contributed by atoms with Crippen LogP contribution in [0.3, 0.4) is 0 Å². The molecule has 0 rings (SSSR count). The van der Waals surface area contributed by atoms with E-state index in [0.29, 0.717) is 0 Å². The number of hydrogen-bond acceptors (Lipinski definition) is 3. The molecule has 0 spiro atoms. The average molecular weight is 266 g/mol. The summed E-state index contributed by atoms with van der Waals surface area (Å²) < 4.78 is 15.3. The zero-order valence-electron chi connectivity index (χ0n) is 11.8. The summed E-state index contributed by atoms with van der Waals surface area (Å²) in [5.74, 6) is 0. The van der Waals surface area contributed by atoms with Crippen LogP contribution in [-0.4, -0.2) is 39.6 Å². The maximum absolute atomic E-state index is 5.30. The van der Waals surface area contributed by atoms with E-state index >= 15 is 0 Å². The van der Waals surface area contributed by atoms with E-state index in [1.54, 1.807) is 7.11 Å². The first-order valence-corrected chi connectivity index (χ1v) is 6.41. The van der Waals surface area contributed by atoms with Gasteiger partial charge in [-0.15, -0.1) is 0 Å². The number of ether oxygens (including phenoxy) is 3. The molecule has 18 heavy (non-hydrogen) atoms. The van der Waals surface area contributed by atoms with Crippen molar-refractivity contribution in [1.82, 2.24) is 0 Å². The third-order valence-corrected chi connectivity index (χ3v) is 1.95. The fourth-order valence-electron chi connectivity index (χ4n) is 0.852. The second-order valence-electron chi connectivity index (χ2n) is 3.67. The SMILES string of the molecule is C.C.CCCCOCC(C)OC.CCCOCC. The van der Waals surface area contributed by atoms with Crippen LogP contribution in [0.2, 0.25) is 0 Å². The highest BCUT2D eigenvalue weighted by Gasteiger charge is 1.96. The Bertz CT molecular complexity index is 104. The van der Waals surface area contributed by atoms with Crippen molar-refractivity contribution >= 4 is 0 Å². The molecule has 1 atom stereocenters. The van der Waals surface area contributed by atoms with Crippen LogP contribution < -0.4 is 0 Å². The van der Waals surface area contributed by atoms with Crippen molar-refractivity contribution < 1.29 is 14.2 Å². The fourth-order valence-corrected chi connectivity index (χ4v) is 0.852. The van der Waals surface area contributed by atoms with Gasteiger partial charge in [0.2, 0.25) is 0 Å². The van der Waals surface area contributed by atoms with Gasteiger partial charge in [-0.1, -0.05) is 35.1 Å². The smallest absolute Gasteiger partial charge is 0.0776 e. The van der Waals surface area contributed by atoms with E-state index < -0.39 is 0 Å². The molecule has 0 aromatic heterocycles. The lowest BCUT2D eigenvalue weighted by Gasteiger charge is -2.08. The van der Waals surface area contributed by atoms with Crippen LogP contribution in [0, 0.1) is 0 Å². The summed E-state index contributed by atoms with van der Waals surface area (Å²) in [5.41, 5.74) is 0. The summed E-state index contributed by atoms with van der Waals surface area (Å²) in [5, 5.41) is 0. The number of rotatable bonds is 9. The molecule has 0 saturated carbocycles. The Labute approximate surface area is 116 Å². The maximum Gasteiger partial charge on any atom is 0.0776 e. The molecule has 0 radical (unpaired) electrons. The van der Waals surface area contributed by atoms with Crippen molar-refractivity contribution in [2.45, 2.75) is 67.9 Å². The summed E-state index contributed by atoms with van der Waals surface area (Å²) >= 11 is 0. The third-order valence-electron chi connectivity index (χ3n) is 1.95. The van der Waals surface area contributed by atoms with Crippen LogP contribution in [0.5, 0.6) is 0 Å². The third kappa shape index (κ3) is 29.7. The van der Waals surface area contributed by atoms with Gasteiger partial charge in [0, 0.05) is 26.9 Å². The first-order chi connectivity index (χ1) is 7.72. The second-order valence-corrected chi connectivity index (χ2v) is 3.67. The van der Waals surface area contributed by atoms with Gasteiger partial charge in [-0.05, 0) is 26.7 Å². The summed E-state index contributed by atoms with van der Waals surface area (Å²) in [6, 6.07) is 0. The maximum atomic E-state index is 5.30. The van der Waals surface area contributed by atoms with Gasteiger partial charge in [0.15, 0.2) is 0 Å². The molecule has 0 aromatic rings. The normalized spacial score (nSPS) is 10.5. The van der Waals surface area contributed by atoms with Gasteiger partial charge in [0.05, 0.1) is 12.7 Å². The van der Waals surface area contributed by atoms with Crippen molar-refractivity contribution in [3.8, 4) is 0 Å². The van der Waals surface area contributed by atoms with Gasteiger partial charge < -0.3 is 14.2 Å². The van der Waals surface area contributed by atoms with Crippen molar-refractivity contribution in [3.63, 3.8) is 0 Å². The van der Waals surface area contributed by atoms with Crippen LogP contribution >= 0.6 is 0 Å². The van der Waals surface area contributed by atoms with E-state index in [4.69, 9.17) is 14.2 Å². The Morgan fingerprint density at radius 1 is 0.889 bits per heavy atom. The summed E-state index contributed by atoms with van der Waals surface area (Å²) in [6.45, 7) is 11.6. The van der Waals surface area contributed by atoms with E-state index in [-0.39, 0.29) is 21.0 Å². The van der Waals surface area contributed by atoms with E-state index in [2.05, 4.69) is 13.8 Å². The van der Waals surface area contributed by atoms with Gasteiger partial charge >= 0.3 is 0 Å². The van der Waals surface area contributed by atoms with Gasteiger partial charge in [-0.25, -0.2) is 0 Å². The minimum Gasteiger partial charge on any atom is -0.382 e. The first kappa shape index (κ1) is 26.4. The molecular formula is C15H38O3. The quantitative estimate of drug-likeness (QED) is 0.573. The van der Waals surface area contributed by atoms with Crippen LogP contribution in [0.4, 0.5) is 0 Å². The highest BCUT2D eigenvalue weighted by atomic mass is 16.5. The lowest BCUT2D eigenvalue weighted by molar-refractivity contribution is 0.0177. The van der Waals surface area contributed by atoms with E-state index in [1.807, 2.05) is 13.8 Å². The van der Waals surface area contributed by atoms with Gasteiger partial charge in [-0.2, -0.15) is 0 Å². The number of methoxy groups -OCH3 is 1. The standard InChI is InChI=1S/C8H18O2.C5H12O.2CH4/c1-4-5-6-10-7-8(2)9-3;1-3-5-6-4-2;;/h8H,4-7H2,1-3H3;3-5H2,1-2H3;2*1H4. The topological polar surface area (TPSA) is 27.7 Å². The highest BCUT2D eigenvalue weighted by Crippen LogP contribution is 1.92. The molecule has 0 amide bonds. The molecule has 0 bridgehead atoms. The zero-order chi connectivity index (χ0) is 12.6. The molecule has 0 aliphatic heterocycles. The highest BCUT2D eigenvalue weighted by molar-refractivity contribution is 4.44. The lowest BCUT2D eigenvalue weighted by atomic mass is 10.3. The fraction of sp³-hybridized carbons (Fsp3) is 1.00. The summed E-state index contributed by atoms with van der Waals surface area (Å²) in [4.78, 5) is 0. The molecule has 0 aliphatic carbocycles. The monoisotopic (exact) mass is 266 g/mol. The van der Waals surface area contributed by atoms with E-state index in [1.165, 1.54) is 6.42 Å². The van der Waals surface area contributed by atoms with E-state index in [9.17, 15) is 0 Å². The van der Waals surface area contributed by atoms with Gasteiger partial charge in [-0.3, -0.25) is 0 Å². The minimum absolute atomic E-state index is 0. The molecule has 0 N–H and O–H groups in total. The Kier molecular flexibility index (Phi) is 37.7. The lowest BCUT2D eigenvalue weighted by Crippen LogP contribution is -2.13. The first-order valence-electron chi connectivity index (χ1n) is 6.41. The van der Waals surface area contributed by atoms with Crippen LogP contribution in [-0.2, 0) is 14.2 Å². The average Bonchev–Trinajstić information content (AvgIpc) is 2.32. The van der Waals surface area contributed by atoms with Gasteiger partial charge in [0.25, 0.3) is 0 Å². The van der Waals surface area contributed by atoms with Gasteiger partial charge in [0.1, 0.15) is 0 Å². The molecule has 3 nitrogen and oxygen atoms in total. The van der Waals surface area contributed by atoms with Crippen LogP contribution in [0.1, 0.15) is 61.8 Å². The molecule has 116 valence electrons. The Morgan fingerprint density at radius 2 is 1.50 bits per heavy atom. The Morgan fingerprint density at radius 3 is 1.83 bits per heavy atom. The van der Waals surface area contributed by atoms with Crippen molar-refractivity contribution in [2.24, 2.45) is 0 Å². The largest absolute Gasteiger partial charge is 0.382 e. The number of hydrogen-bond donors (Lipinski definition) is 0. The Hall–Kier alpha value is -0.120. The molecule has 0 heterocycles. The Balaban J connectivity index is -0.000000108. The summed E-state index contributed by atoms with van der Waals surface area (Å²) in [6.07, 6.45) is 3.71. The second kappa shape index (κ2) is 25.7. The molecule has 0 fully saturated rings. The molecular weight excluding hydrogens is 228 g/mol. The molecule has 0 aliphatic rings. The molecule has 0 saturated heterocycles. The molecule has 1 unspecified atom stereocenters. The van der Waals surface area contributed by atoms with E-state index in [0.717, 1.165) is 39.3 Å². The van der Waals surface area contributed by atoms with Crippen LogP contribution in [0.15, 0.2) is 0 Å².